The molecule has 0 amide bonds. The van der Waals surface area contributed by atoms with Crippen molar-refractivity contribution in [2.24, 2.45) is 11.8 Å². The maximum atomic E-state index is 12.7. The van der Waals surface area contributed by atoms with Crippen LogP contribution in [0.4, 0.5) is 0 Å². The fraction of sp³-hybridized carbons (Fsp3) is 0.500. The number of nitrogens with zero attached hydrogens (tertiary/aromatic N) is 1. The topological polar surface area (TPSA) is 74.7 Å². The van der Waals surface area contributed by atoms with Gasteiger partial charge in [0.05, 0.1) is 15.5 Å². The molecule has 0 spiro atoms. The third kappa shape index (κ3) is 3.39. The van der Waals surface area contributed by atoms with E-state index in [1.54, 1.807) is 0 Å². The van der Waals surface area contributed by atoms with Crippen molar-refractivity contribution in [3.05, 3.63) is 28.8 Å². The highest BCUT2D eigenvalue weighted by Gasteiger charge is 2.32. The molecule has 7 heteroatoms. The first-order chi connectivity index (χ1) is 9.71. The normalized spacial score (nSPS) is 24.0. The van der Waals surface area contributed by atoms with Crippen molar-refractivity contribution in [2.45, 2.75) is 25.2 Å². The summed E-state index contributed by atoms with van der Waals surface area (Å²) in [5.74, 6) is -0.665. The minimum atomic E-state index is -3.69. The summed E-state index contributed by atoms with van der Waals surface area (Å²) in [5, 5.41) is 9.09. The summed E-state index contributed by atoms with van der Waals surface area (Å²) in [6.45, 7) is 4.95. The highest BCUT2D eigenvalue weighted by molar-refractivity contribution is 7.89. The van der Waals surface area contributed by atoms with Crippen molar-refractivity contribution in [1.82, 2.24) is 4.31 Å². The first kappa shape index (κ1) is 16.3. The Morgan fingerprint density at radius 1 is 1.29 bits per heavy atom. The van der Waals surface area contributed by atoms with Gasteiger partial charge < -0.3 is 5.11 Å². The second kappa shape index (κ2) is 5.94. The van der Waals surface area contributed by atoms with Crippen molar-refractivity contribution in [1.29, 1.82) is 0 Å². The van der Waals surface area contributed by atoms with Gasteiger partial charge in [-0.1, -0.05) is 25.4 Å². The predicted molar refractivity (Wildman–Crippen MR) is 80.1 cm³/mol. The molecule has 0 saturated carbocycles. The highest BCUT2D eigenvalue weighted by atomic mass is 35.5. The number of sulfonamides is 1. The number of benzene rings is 1. The van der Waals surface area contributed by atoms with Crippen LogP contribution in [0.2, 0.25) is 5.02 Å². The maximum absolute atomic E-state index is 12.7. The number of piperidine rings is 1. The number of carboxylic acid groups (broad SMARTS) is 1. The minimum Gasteiger partial charge on any atom is -0.478 e. The number of rotatable bonds is 3. The highest BCUT2D eigenvalue weighted by Crippen LogP contribution is 2.28. The standard InChI is InChI=1S/C14H18ClNO4S/c1-9-5-10(2)8-16(7-9)21(19,20)11-3-4-13(15)12(6-11)14(17)18/h3-4,6,9-10H,5,7-8H2,1-2H3,(H,17,18). The summed E-state index contributed by atoms with van der Waals surface area (Å²) >= 11 is 5.78. The van der Waals surface area contributed by atoms with E-state index in [-0.39, 0.29) is 27.3 Å². The van der Waals surface area contributed by atoms with Crippen LogP contribution >= 0.6 is 11.6 Å². The van der Waals surface area contributed by atoms with Gasteiger partial charge in [0.15, 0.2) is 0 Å². The largest absolute Gasteiger partial charge is 0.478 e. The van der Waals surface area contributed by atoms with Crippen molar-refractivity contribution in [2.75, 3.05) is 13.1 Å². The van der Waals surface area contributed by atoms with Crippen LogP contribution in [-0.4, -0.2) is 36.9 Å². The van der Waals surface area contributed by atoms with E-state index in [9.17, 15) is 13.2 Å². The van der Waals surface area contributed by atoms with Gasteiger partial charge in [0.1, 0.15) is 0 Å². The lowest BCUT2D eigenvalue weighted by atomic mass is 9.94. The zero-order chi connectivity index (χ0) is 15.8. The Morgan fingerprint density at radius 3 is 2.38 bits per heavy atom. The van der Waals surface area contributed by atoms with Gasteiger partial charge in [0.25, 0.3) is 0 Å². The fourth-order valence-electron chi connectivity index (χ4n) is 2.78. The lowest BCUT2D eigenvalue weighted by Crippen LogP contribution is -2.42. The predicted octanol–water partition coefficient (Wildman–Crippen LogP) is 2.70. The SMILES string of the molecule is CC1CC(C)CN(S(=O)(=O)c2ccc(Cl)c(C(=O)O)c2)C1. The van der Waals surface area contributed by atoms with Gasteiger partial charge in [-0.15, -0.1) is 0 Å². The maximum Gasteiger partial charge on any atom is 0.337 e. The third-order valence-electron chi connectivity index (χ3n) is 3.64. The second-order valence-electron chi connectivity index (χ2n) is 5.71. The number of halogens is 1. The van der Waals surface area contributed by atoms with Crippen LogP contribution in [-0.2, 0) is 10.0 Å². The van der Waals surface area contributed by atoms with Gasteiger partial charge in [-0.25, -0.2) is 13.2 Å². The van der Waals surface area contributed by atoms with Crippen molar-refractivity contribution < 1.29 is 18.3 Å². The summed E-state index contributed by atoms with van der Waals surface area (Å²) in [7, 11) is -3.69. The number of hydrogen-bond acceptors (Lipinski definition) is 3. The molecule has 1 aliphatic rings. The third-order valence-corrected chi connectivity index (χ3v) is 5.80. The molecule has 2 atom stereocenters. The first-order valence-corrected chi connectivity index (χ1v) is 8.56. The summed E-state index contributed by atoms with van der Waals surface area (Å²) in [5.41, 5.74) is -0.198. The monoisotopic (exact) mass is 331 g/mol. The van der Waals surface area contributed by atoms with Crippen LogP contribution in [0, 0.1) is 11.8 Å². The summed E-state index contributed by atoms with van der Waals surface area (Å²) in [6, 6.07) is 3.80. The Labute approximate surface area is 129 Å². The van der Waals surface area contributed by atoms with Crippen LogP contribution in [0.25, 0.3) is 0 Å². The Kier molecular flexibility index (Phi) is 4.60. The molecule has 0 bridgehead atoms. The summed E-state index contributed by atoms with van der Waals surface area (Å²) in [4.78, 5) is 11.1. The molecule has 1 heterocycles. The van der Waals surface area contributed by atoms with Crippen molar-refractivity contribution in [3.8, 4) is 0 Å². The molecule has 1 fully saturated rings. The zero-order valence-corrected chi connectivity index (χ0v) is 13.5. The smallest absolute Gasteiger partial charge is 0.337 e. The number of carboxylic acids is 1. The van der Waals surface area contributed by atoms with E-state index in [4.69, 9.17) is 16.7 Å². The van der Waals surface area contributed by atoms with E-state index in [1.165, 1.54) is 16.4 Å². The fourth-order valence-corrected chi connectivity index (χ4v) is 4.68. The van der Waals surface area contributed by atoms with Gasteiger partial charge in [-0.2, -0.15) is 4.31 Å². The van der Waals surface area contributed by atoms with Crippen LogP contribution < -0.4 is 0 Å². The van der Waals surface area contributed by atoms with Gasteiger partial charge >= 0.3 is 5.97 Å². The van der Waals surface area contributed by atoms with Crippen LogP contribution in [0.1, 0.15) is 30.6 Å². The molecule has 2 unspecified atom stereocenters. The van der Waals surface area contributed by atoms with Gasteiger partial charge in [-0.05, 0) is 36.5 Å². The average molecular weight is 332 g/mol. The van der Waals surface area contributed by atoms with E-state index in [0.717, 1.165) is 12.5 Å². The molecule has 116 valence electrons. The Balaban J connectivity index is 2.40. The molecule has 0 aliphatic carbocycles. The van der Waals surface area contributed by atoms with Gasteiger partial charge in [-0.3, -0.25) is 0 Å². The van der Waals surface area contributed by atoms with Crippen LogP contribution in [0.15, 0.2) is 23.1 Å². The first-order valence-electron chi connectivity index (χ1n) is 6.74. The molecule has 1 N–H and O–H groups in total. The molecule has 1 aromatic rings. The van der Waals surface area contributed by atoms with Crippen LogP contribution in [0.5, 0.6) is 0 Å². The molecule has 0 aromatic heterocycles. The molecule has 1 aromatic carbocycles. The lowest BCUT2D eigenvalue weighted by Gasteiger charge is -2.34. The van der Waals surface area contributed by atoms with E-state index >= 15 is 0 Å². The Morgan fingerprint density at radius 2 is 1.86 bits per heavy atom. The number of aromatic carboxylic acids is 1. The van der Waals surface area contributed by atoms with Gasteiger partial charge in [0, 0.05) is 13.1 Å². The van der Waals surface area contributed by atoms with Crippen molar-refractivity contribution in [3.63, 3.8) is 0 Å². The molecule has 1 aliphatic heterocycles. The lowest BCUT2D eigenvalue weighted by molar-refractivity contribution is 0.0697. The Hall–Kier alpha value is -1.11. The average Bonchev–Trinajstić information content (AvgIpc) is 2.37. The van der Waals surface area contributed by atoms with E-state index in [1.807, 2.05) is 13.8 Å². The van der Waals surface area contributed by atoms with E-state index < -0.39 is 16.0 Å². The van der Waals surface area contributed by atoms with Crippen LogP contribution in [0.3, 0.4) is 0 Å². The minimum absolute atomic E-state index is 0.0226. The summed E-state index contributed by atoms with van der Waals surface area (Å²) in [6.07, 6.45) is 0.993. The second-order valence-corrected chi connectivity index (χ2v) is 8.06. The zero-order valence-electron chi connectivity index (χ0n) is 11.9. The summed E-state index contributed by atoms with van der Waals surface area (Å²) < 4.78 is 26.7. The molecular formula is C14H18ClNO4S. The Bertz CT molecular complexity index is 649. The molecule has 21 heavy (non-hydrogen) atoms. The molecule has 0 radical (unpaired) electrons. The number of hydrogen-bond donors (Lipinski definition) is 1. The number of carbonyl (C=O) groups is 1. The van der Waals surface area contributed by atoms with Gasteiger partial charge in [0.2, 0.25) is 10.0 Å². The molecular weight excluding hydrogens is 314 g/mol. The van der Waals surface area contributed by atoms with Crippen molar-refractivity contribution >= 4 is 27.6 Å². The quantitative estimate of drug-likeness (QED) is 0.924. The molecule has 2 rings (SSSR count). The molecule has 1 saturated heterocycles. The van der Waals surface area contributed by atoms with E-state index in [0.29, 0.717) is 13.1 Å². The van der Waals surface area contributed by atoms with E-state index in [2.05, 4.69) is 0 Å². The molecule has 5 nitrogen and oxygen atoms in total.